The molecule has 4 rings (SSSR count). The molecule has 0 aromatic heterocycles. The number of hydrogen-bond donors (Lipinski definition) is 1. The summed E-state index contributed by atoms with van der Waals surface area (Å²) < 4.78 is 25.6. The van der Waals surface area contributed by atoms with Gasteiger partial charge in [0.25, 0.3) is 0 Å². The van der Waals surface area contributed by atoms with Crippen molar-refractivity contribution < 1.29 is 13.9 Å². The zero-order valence-corrected chi connectivity index (χ0v) is 18.1. The van der Waals surface area contributed by atoms with Gasteiger partial charge in [-0.25, -0.2) is 4.39 Å². The molecule has 1 unspecified atom stereocenters. The third-order valence-corrected chi connectivity index (χ3v) is 5.49. The lowest BCUT2D eigenvalue weighted by Crippen LogP contribution is -2.52. The van der Waals surface area contributed by atoms with Crippen LogP contribution in [0, 0.1) is 18.2 Å². The number of halogens is 1. The Kier molecular flexibility index (Phi) is 7.87. The molecule has 2 heterocycles. The Balaban J connectivity index is 0.00000124. The summed E-state index contributed by atoms with van der Waals surface area (Å²) in [6, 6.07) is 11.5. The van der Waals surface area contributed by atoms with Crippen LogP contribution >= 0.6 is 0 Å². The molecule has 2 aromatic rings. The van der Waals surface area contributed by atoms with E-state index in [0.717, 1.165) is 56.0 Å². The molecule has 0 saturated carbocycles. The standard InChI is InChI=1S/C23H25FN2O2.C2H6/c1-3-17-5-6-18(12-22(17)24)21-11-16(10-19-13-25-8-9-28-19)4-7-23(21)26-14-20(15-26)27-2;1-2/h1,4-7,11-12,19-20,25H,8-10,13-15H2,2H3;1-2H3. The number of anilines is 1. The average molecular weight is 411 g/mol. The first-order valence-corrected chi connectivity index (χ1v) is 10.7. The first-order chi connectivity index (χ1) is 14.7. The summed E-state index contributed by atoms with van der Waals surface area (Å²) in [6.07, 6.45) is 6.61. The largest absolute Gasteiger partial charge is 0.378 e. The van der Waals surface area contributed by atoms with Crippen molar-refractivity contribution in [1.82, 2.24) is 5.32 Å². The van der Waals surface area contributed by atoms with Gasteiger partial charge in [-0.3, -0.25) is 0 Å². The fraction of sp³-hybridized carbons (Fsp3) is 0.440. The van der Waals surface area contributed by atoms with Crippen LogP contribution in [-0.4, -0.2) is 52.1 Å². The average Bonchev–Trinajstić information content (AvgIpc) is 2.76. The number of ether oxygens (including phenoxy) is 2. The summed E-state index contributed by atoms with van der Waals surface area (Å²) >= 11 is 0. The van der Waals surface area contributed by atoms with Crippen molar-refractivity contribution in [3.05, 3.63) is 53.3 Å². The number of rotatable bonds is 5. The zero-order chi connectivity index (χ0) is 21.5. The highest BCUT2D eigenvalue weighted by atomic mass is 19.1. The van der Waals surface area contributed by atoms with Gasteiger partial charge in [0.2, 0.25) is 0 Å². The first kappa shape index (κ1) is 22.3. The van der Waals surface area contributed by atoms with Gasteiger partial charge in [0.1, 0.15) is 5.82 Å². The molecule has 0 aliphatic carbocycles. The number of nitrogens with zero attached hydrogens (tertiary/aromatic N) is 1. The summed E-state index contributed by atoms with van der Waals surface area (Å²) in [5.74, 6) is 2.02. The molecular weight excluding hydrogens is 379 g/mol. The number of morpholine rings is 1. The Hall–Kier alpha value is -2.39. The van der Waals surface area contributed by atoms with Crippen LogP contribution in [0.1, 0.15) is 25.0 Å². The second-order valence-electron chi connectivity index (χ2n) is 7.35. The minimum absolute atomic E-state index is 0.162. The van der Waals surface area contributed by atoms with Crippen molar-refractivity contribution in [2.75, 3.05) is 44.8 Å². The molecule has 2 fully saturated rings. The summed E-state index contributed by atoms with van der Waals surface area (Å²) in [5, 5.41) is 3.37. The van der Waals surface area contributed by atoms with Crippen molar-refractivity contribution in [3.63, 3.8) is 0 Å². The molecule has 5 heteroatoms. The highest BCUT2D eigenvalue weighted by molar-refractivity contribution is 5.80. The van der Waals surface area contributed by atoms with Crippen molar-refractivity contribution in [3.8, 4) is 23.5 Å². The topological polar surface area (TPSA) is 33.7 Å². The van der Waals surface area contributed by atoms with Crippen LogP contribution in [0.25, 0.3) is 11.1 Å². The molecule has 2 aliphatic heterocycles. The highest BCUT2D eigenvalue weighted by Crippen LogP contribution is 2.36. The lowest BCUT2D eigenvalue weighted by Gasteiger charge is -2.41. The maximum Gasteiger partial charge on any atom is 0.139 e. The van der Waals surface area contributed by atoms with Gasteiger partial charge in [-0.1, -0.05) is 31.9 Å². The molecule has 1 atom stereocenters. The van der Waals surface area contributed by atoms with Crippen molar-refractivity contribution in [2.24, 2.45) is 0 Å². The second kappa shape index (κ2) is 10.6. The van der Waals surface area contributed by atoms with Crippen LogP contribution < -0.4 is 10.2 Å². The minimum Gasteiger partial charge on any atom is -0.378 e. The van der Waals surface area contributed by atoms with Crippen molar-refractivity contribution in [2.45, 2.75) is 32.5 Å². The van der Waals surface area contributed by atoms with E-state index in [1.165, 1.54) is 11.6 Å². The molecule has 30 heavy (non-hydrogen) atoms. The van der Waals surface area contributed by atoms with Gasteiger partial charge >= 0.3 is 0 Å². The van der Waals surface area contributed by atoms with E-state index in [2.05, 4.69) is 34.3 Å². The van der Waals surface area contributed by atoms with E-state index < -0.39 is 0 Å². The SMILES string of the molecule is C#Cc1ccc(-c2cc(CC3CNCCO3)ccc2N2CC(OC)C2)cc1F.CC. The predicted molar refractivity (Wildman–Crippen MR) is 120 cm³/mol. The van der Waals surface area contributed by atoms with Crippen molar-refractivity contribution in [1.29, 1.82) is 0 Å². The molecule has 4 nitrogen and oxygen atoms in total. The van der Waals surface area contributed by atoms with E-state index >= 15 is 0 Å². The molecular formula is C25H31FN2O2. The highest BCUT2D eigenvalue weighted by Gasteiger charge is 2.28. The molecule has 2 aliphatic rings. The maximum atomic E-state index is 14.4. The lowest BCUT2D eigenvalue weighted by atomic mass is 9.95. The van der Waals surface area contributed by atoms with Gasteiger partial charge in [-0.15, -0.1) is 6.42 Å². The summed E-state index contributed by atoms with van der Waals surface area (Å²) in [5.41, 5.74) is 4.40. The van der Waals surface area contributed by atoms with E-state index in [4.69, 9.17) is 15.9 Å². The van der Waals surface area contributed by atoms with Gasteiger partial charge < -0.3 is 19.7 Å². The van der Waals surface area contributed by atoms with E-state index in [1.807, 2.05) is 19.9 Å². The van der Waals surface area contributed by atoms with Crippen molar-refractivity contribution >= 4 is 5.69 Å². The van der Waals surface area contributed by atoms with Gasteiger partial charge in [0.15, 0.2) is 0 Å². The van der Waals surface area contributed by atoms with Gasteiger partial charge in [0.05, 0.1) is 24.4 Å². The minimum atomic E-state index is -0.366. The van der Waals surface area contributed by atoms with Gasteiger partial charge in [-0.05, 0) is 41.8 Å². The van der Waals surface area contributed by atoms with E-state index in [-0.39, 0.29) is 23.6 Å². The Morgan fingerprint density at radius 2 is 2.03 bits per heavy atom. The van der Waals surface area contributed by atoms with Crippen LogP contribution in [0.15, 0.2) is 36.4 Å². The first-order valence-electron chi connectivity index (χ1n) is 10.7. The summed E-state index contributed by atoms with van der Waals surface area (Å²) in [4.78, 5) is 2.26. The smallest absolute Gasteiger partial charge is 0.139 e. The number of hydrogen-bond acceptors (Lipinski definition) is 4. The van der Waals surface area contributed by atoms with E-state index in [0.29, 0.717) is 0 Å². The molecule has 2 aromatic carbocycles. The van der Waals surface area contributed by atoms with Crippen LogP contribution in [0.2, 0.25) is 0 Å². The normalized spacial score (nSPS) is 18.8. The van der Waals surface area contributed by atoms with Crippen LogP contribution in [0.3, 0.4) is 0 Å². The molecule has 0 amide bonds. The fourth-order valence-corrected chi connectivity index (χ4v) is 3.81. The quantitative estimate of drug-likeness (QED) is 0.759. The molecule has 0 radical (unpaired) electrons. The van der Waals surface area contributed by atoms with Crippen LogP contribution in [-0.2, 0) is 15.9 Å². The van der Waals surface area contributed by atoms with Gasteiger partial charge in [0, 0.05) is 44.5 Å². The fourth-order valence-electron chi connectivity index (χ4n) is 3.81. The molecule has 2 saturated heterocycles. The summed E-state index contributed by atoms with van der Waals surface area (Å²) in [6.45, 7) is 8.16. The van der Waals surface area contributed by atoms with Crippen LogP contribution in [0.5, 0.6) is 0 Å². The predicted octanol–water partition coefficient (Wildman–Crippen LogP) is 3.87. The molecule has 0 spiro atoms. The van der Waals surface area contributed by atoms with Crippen LogP contribution in [0.4, 0.5) is 10.1 Å². The third kappa shape index (κ3) is 5.02. The third-order valence-electron chi connectivity index (χ3n) is 5.49. The van der Waals surface area contributed by atoms with Gasteiger partial charge in [-0.2, -0.15) is 0 Å². The second-order valence-corrected chi connectivity index (χ2v) is 7.35. The number of methoxy groups -OCH3 is 1. The Bertz CT molecular complexity index is 881. The monoisotopic (exact) mass is 410 g/mol. The number of nitrogens with one attached hydrogen (secondary N) is 1. The number of terminal acetylenes is 1. The molecule has 1 N–H and O–H groups in total. The maximum absolute atomic E-state index is 14.4. The summed E-state index contributed by atoms with van der Waals surface area (Å²) in [7, 11) is 1.73. The Morgan fingerprint density at radius 3 is 2.67 bits per heavy atom. The Morgan fingerprint density at radius 1 is 1.23 bits per heavy atom. The Labute approximate surface area is 179 Å². The van der Waals surface area contributed by atoms with E-state index in [1.54, 1.807) is 13.2 Å². The lowest BCUT2D eigenvalue weighted by molar-refractivity contribution is 0.0292. The molecule has 160 valence electrons. The zero-order valence-electron chi connectivity index (χ0n) is 18.1. The van der Waals surface area contributed by atoms with E-state index in [9.17, 15) is 4.39 Å². The number of benzene rings is 2. The molecule has 0 bridgehead atoms.